The summed E-state index contributed by atoms with van der Waals surface area (Å²) < 4.78 is 58.9. The zero-order chi connectivity index (χ0) is 17.9. The fourth-order valence-electron chi connectivity index (χ4n) is 1.65. The van der Waals surface area contributed by atoms with E-state index in [0.29, 0.717) is 11.3 Å². The van der Waals surface area contributed by atoms with E-state index in [1.54, 1.807) is 0 Å². The lowest BCUT2D eigenvalue weighted by Gasteiger charge is -2.28. The molecule has 0 saturated heterocycles. The van der Waals surface area contributed by atoms with Crippen molar-refractivity contribution in [2.75, 3.05) is 11.5 Å². The van der Waals surface area contributed by atoms with Gasteiger partial charge in [-0.2, -0.15) is 13.2 Å². The second kappa shape index (κ2) is 7.11. The number of aliphatic carboxylic acids is 1. The molecule has 0 fully saturated rings. The van der Waals surface area contributed by atoms with Crippen LogP contribution in [0, 0.1) is 4.78 Å². The molecule has 0 aliphatic rings. The molecule has 0 saturated carbocycles. The van der Waals surface area contributed by atoms with Crippen molar-refractivity contribution in [1.82, 2.24) is 4.98 Å². The van der Waals surface area contributed by atoms with Gasteiger partial charge >= 0.3 is 12.1 Å². The fraction of sp³-hybridized carbons (Fsp3) is 0.636. The van der Waals surface area contributed by atoms with Crippen molar-refractivity contribution in [3.63, 3.8) is 0 Å². The van der Waals surface area contributed by atoms with Crippen LogP contribution < -0.4 is 5.73 Å². The van der Waals surface area contributed by atoms with Crippen molar-refractivity contribution in [3.8, 4) is 0 Å². The lowest BCUT2D eigenvalue weighted by molar-refractivity contribution is -0.267. The summed E-state index contributed by atoms with van der Waals surface area (Å²) in [5, 5.41) is 19.2. The van der Waals surface area contributed by atoms with Gasteiger partial charge in [-0.1, -0.05) is 0 Å². The number of nitrogens with zero attached hydrogens (tertiary/aromatic N) is 1. The number of nitrogens with two attached hydrogens (primary N) is 1. The number of nitrogens with one attached hydrogen (secondary N) is 1. The SMILES string of the molecule is N=S(=O)(CC[C@H](N)C(=O)O)CCC(O)(c1nccs1)C(F)(F)F. The van der Waals surface area contributed by atoms with E-state index in [-0.39, 0.29) is 6.42 Å². The van der Waals surface area contributed by atoms with Crippen LogP contribution in [0.15, 0.2) is 11.6 Å². The van der Waals surface area contributed by atoms with Crippen LogP contribution >= 0.6 is 11.3 Å². The highest BCUT2D eigenvalue weighted by molar-refractivity contribution is 7.92. The van der Waals surface area contributed by atoms with Gasteiger partial charge in [0.15, 0.2) is 0 Å². The molecule has 1 rings (SSSR count). The molecule has 2 unspecified atom stereocenters. The third-order valence-corrected chi connectivity index (χ3v) is 5.81. The summed E-state index contributed by atoms with van der Waals surface area (Å²) in [7, 11) is -3.52. The van der Waals surface area contributed by atoms with Crippen LogP contribution in [0.4, 0.5) is 13.2 Å². The highest BCUT2D eigenvalue weighted by Gasteiger charge is 2.56. The third kappa shape index (κ3) is 5.12. The van der Waals surface area contributed by atoms with Gasteiger partial charge in [0, 0.05) is 39.2 Å². The van der Waals surface area contributed by atoms with Crippen molar-refractivity contribution in [3.05, 3.63) is 16.6 Å². The van der Waals surface area contributed by atoms with Gasteiger partial charge in [-0.3, -0.25) is 9.57 Å². The number of alkyl halides is 3. The Bertz CT molecular complexity index is 633. The molecule has 132 valence electrons. The average Bonchev–Trinajstić information content (AvgIpc) is 2.95. The van der Waals surface area contributed by atoms with Gasteiger partial charge in [0.25, 0.3) is 0 Å². The minimum absolute atomic E-state index is 0.306. The predicted molar refractivity (Wildman–Crippen MR) is 77.5 cm³/mol. The Morgan fingerprint density at radius 2 is 2.09 bits per heavy atom. The van der Waals surface area contributed by atoms with E-state index in [1.807, 2.05) is 0 Å². The minimum Gasteiger partial charge on any atom is -0.480 e. The van der Waals surface area contributed by atoms with E-state index < -0.39 is 56.5 Å². The van der Waals surface area contributed by atoms with Crippen LogP contribution in [0.5, 0.6) is 0 Å². The quantitative estimate of drug-likeness (QED) is 0.537. The topological polar surface area (TPSA) is 137 Å². The number of hydrogen-bond acceptors (Lipinski definition) is 7. The lowest BCUT2D eigenvalue weighted by Crippen LogP contribution is -2.43. The van der Waals surface area contributed by atoms with E-state index in [1.165, 1.54) is 5.38 Å². The molecule has 0 amide bonds. The van der Waals surface area contributed by atoms with Crippen LogP contribution in [0.1, 0.15) is 17.8 Å². The zero-order valence-corrected chi connectivity index (χ0v) is 13.4. The maximum absolute atomic E-state index is 13.1. The van der Waals surface area contributed by atoms with Crippen LogP contribution in [-0.4, -0.2) is 49.1 Å². The van der Waals surface area contributed by atoms with E-state index in [9.17, 15) is 27.3 Å². The molecule has 0 aromatic carbocycles. The summed E-state index contributed by atoms with van der Waals surface area (Å²) in [4.78, 5) is 14.0. The molecule has 0 aliphatic carbocycles. The van der Waals surface area contributed by atoms with Gasteiger partial charge in [-0.25, -0.2) is 9.19 Å². The Hall–Kier alpha value is -1.24. The molecule has 5 N–H and O–H groups in total. The smallest absolute Gasteiger partial charge is 0.423 e. The molecule has 7 nitrogen and oxygen atoms in total. The summed E-state index contributed by atoms with van der Waals surface area (Å²) >= 11 is 0.597. The maximum Gasteiger partial charge on any atom is 0.423 e. The van der Waals surface area contributed by atoms with Gasteiger partial charge in [0.1, 0.15) is 11.0 Å². The number of carboxylic acid groups (broad SMARTS) is 1. The van der Waals surface area contributed by atoms with Crippen molar-refractivity contribution < 1.29 is 32.4 Å². The number of rotatable bonds is 8. The largest absolute Gasteiger partial charge is 0.480 e. The molecule has 1 aromatic heterocycles. The van der Waals surface area contributed by atoms with Crippen molar-refractivity contribution >= 4 is 27.0 Å². The van der Waals surface area contributed by atoms with E-state index in [2.05, 4.69) is 4.98 Å². The Morgan fingerprint density at radius 3 is 2.52 bits per heavy atom. The highest BCUT2D eigenvalue weighted by Crippen LogP contribution is 2.42. The third-order valence-electron chi connectivity index (χ3n) is 3.12. The van der Waals surface area contributed by atoms with Crippen molar-refractivity contribution in [1.29, 1.82) is 4.78 Å². The normalized spacial score (nSPS) is 18.8. The van der Waals surface area contributed by atoms with Gasteiger partial charge in [0.05, 0.1) is 0 Å². The first-order valence-electron chi connectivity index (χ1n) is 6.31. The van der Waals surface area contributed by atoms with Crippen molar-refractivity contribution in [2.45, 2.75) is 30.7 Å². The fourth-order valence-corrected chi connectivity index (χ4v) is 3.90. The highest BCUT2D eigenvalue weighted by atomic mass is 32.2. The first kappa shape index (κ1) is 19.8. The van der Waals surface area contributed by atoms with Gasteiger partial charge in [0.2, 0.25) is 5.60 Å². The van der Waals surface area contributed by atoms with Crippen molar-refractivity contribution in [2.24, 2.45) is 5.73 Å². The summed E-state index contributed by atoms with van der Waals surface area (Å²) in [6.45, 7) is 0. The number of carbonyl (C=O) groups is 1. The van der Waals surface area contributed by atoms with E-state index in [4.69, 9.17) is 15.6 Å². The Kier molecular flexibility index (Phi) is 6.12. The van der Waals surface area contributed by atoms with Gasteiger partial charge in [-0.15, -0.1) is 11.3 Å². The Balaban J connectivity index is 2.81. The Morgan fingerprint density at radius 1 is 1.48 bits per heavy atom. The molecule has 12 heteroatoms. The van der Waals surface area contributed by atoms with Crippen LogP contribution in [-0.2, 0) is 20.1 Å². The molecule has 0 radical (unpaired) electrons. The number of carboxylic acids is 1. The van der Waals surface area contributed by atoms with Crippen LogP contribution in [0.3, 0.4) is 0 Å². The first-order chi connectivity index (χ1) is 10.4. The van der Waals surface area contributed by atoms with Gasteiger partial charge in [-0.05, 0) is 6.42 Å². The predicted octanol–water partition coefficient (Wildman–Crippen LogP) is 1.13. The van der Waals surface area contributed by atoms with Crippen LogP contribution in [0.2, 0.25) is 0 Å². The number of halogens is 3. The second-order valence-corrected chi connectivity index (χ2v) is 8.23. The summed E-state index contributed by atoms with van der Waals surface area (Å²) in [5.41, 5.74) is 1.91. The summed E-state index contributed by atoms with van der Waals surface area (Å²) in [5.74, 6) is -2.57. The molecule has 1 heterocycles. The molecular formula is C11H16F3N3O4S2. The molecule has 0 aliphatic heterocycles. The van der Waals surface area contributed by atoms with E-state index >= 15 is 0 Å². The molecule has 0 spiro atoms. The molecular weight excluding hydrogens is 359 g/mol. The van der Waals surface area contributed by atoms with Crippen LogP contribution in [0.25, 0.3) is 0 Å². The number of thiazole rings is 1. The molecule has 23 heavy (non-hydrogen) atoms. The number of hydrogen-bond donors (Lipinski definition) is 4. The number of aliphatic hydroxyl groups is 1. The molecule has 1 aromatic rings. The molecule has 3 atom stereocenters. The first-order valence-corrected chi connectivity index (χ1v) is 9.08. The maximum atomic E-state index is 13.1. The Labute approximate surface area is 134 Å². The van der Waals surface area contributed by atoms with E-state index in [0.717, 1.165) is 6.20 Å². The summed E-state index contributed by atoms with van der Waals surface area (Å²) in [6.07, 6.45) is -5.26. The zero-order valence-electron chi connectivity index (χ0n) is 11.7. The average molecular weight is 375 g/mol. The lowest BCUT2D eigenvalue weighted by atomic mass is 10.0. The second-order valence-electron chi connectivity index (χ2n) is 4.90. The van der Waals surface area contributed by atoms with Gasteiger partial charge < -0.3 is 15.9 Å². The number of aromatic nitrogens is 1. The summed E-state index contributed by atoms with van der Waals surface area (Å²) in [6, 6.07) is -1.35. The minimum atomic E-state index is -5.04. The molecule has 0 bridgehead atoms. The monoisotopic (exact) mass is 375 g/mol. The standard InChI is InChI=1S/C11H16F3N3O4S2/c12-11(13,14)10(20,9-17-3-4-22-9)2-6-23(16,21)5-1-7(15)8(18)19/h3-4,7,16,20H,1-2,5-6,15H2,(H,18,19)/t7-,10?,23?/m0/s1.